The second-order valence-corrected chi connectivity index (χ2v) is 4.35. The number of rotatable bonds is 3. The fourth-order valence-corrected chi connectivity index (χ4v) is 1.90. The maximum Gasteiger partial charge on any atom is 0.157 e. The number of aromatic nitrogens is 2. The van der Waals surface area contributed by atoms with E-state index in [1.807, 2.05) is 27.1 Å². The molecule has 0 aromatic carbocycles. The van der Waals surface area contributed by atoms with Crippen molar-refractivity contribution in [3.05, 3.63) is 12.4 Å². The number of Topliss-reactive ketones (excluding diaryl/α,β-unsaturated/α-hetero) is 1. The molecule has 0 amide bonds. The van der Waals surface area contributed by atoms with Crippen LogP contribution in [0.5, 0.6) is 5.75 Å². The summed E-state index contributed by atoms with van der Waals surface area (Å²) < 4.78 is 7.44. The lowest BCUT2D eigenvalue weighted by Crippen LogP contribution is -2.54. The van der Waals surface area contributed by atoms with Crippen LogP contribution in [0, 0.1) is 5.41 Å². The van der Waals surface area contributed by atoms with Crippen LogP contribution in [0.2, 0.25) is 0 Å². The summed E-state index contributed by atoms with van der Waals surface area (Å²) in [5, 5.41) is 4.03. The largest absolute Gasteiger partial charge is 0.486 e. The van der Waals surface area contributed by atoms with Crippen LogP contribution in [0.4, 0.5) is 0 Å². The predicted octanol–water partition coefficient (Wildman–Crippen LogP) is 1.56. The molecule has 0 spiro atoms. The van der Waals surface area contributed by atoms with Gasteiger partial charge in [-0.15, -0.1) is 0 Å². The summed E-state index contributed by atoms with van der Waals surface area (Å²) in [5.74, 6) is 1.05. The Kier molecular flexibility index (Phi) is 2.29. The van der Waals surface area contributed by atoms with E-state index in [2.05, 4.69) is 5.10 Å². The third-order valence-corrected chi connectivity index (χ3v) is 3.41. The maximum atomic E-state index is 11.5. The molecule has 1 aromatic rings. The first-order valence-electron chi connectivity index (χ1n) is 5.25. The van der Waals surface area contributed by atoms with E-state index in [0.29, 0.717) is 12.2 Å². The minimum atomic E-state index is -0.296. The van der Waals surface area contributed by atoms with Crippen molar-refractivity contribution >= 4 is 5.78 Å². The highest BCUT2D eigenvalue weighted by atomic mass is 16.5. The number of carbonyl (C=O) groups excluding carboxylic acids is 1. The van der Waals surface area contributed by atoms with Crippen LogP contribution in [0.25, 0.3) is 0 Å². The summed E-state index contributed by atoms with van der Waals surface area (Å²) in [7, 11) is 1.85. The van der Waals surface area contributed by atoms with Crippen LogP contribution in [0.1, 0.15) is 26.7 Å². The van der Waals surface area contributed by atoms with E-state index < -0.39 is 0 Å². The summed E-state index contributed by atoms with van der Waals surface area (Å²) in [4.78, 5) is 11.5. The first-order chi connectivity index (χ1) is 7.06. The second kappa shape index (κ2) is 3.36. The van der Waals surface area contributed by atoms with Crippen LogP contribution in [0.3, 0.4) is 0 Å². The lowest BCUT2D eigenvalue weighted by atomic mass is 9.64. The Morgan fingerprint density at radius 2 is 2.47 bits per heavy atom. The average molecular weight is 208 g/mol. The molecular formula is C11H16N2O2. The molecular weight excluding hydrogens is 192 g/mol. The Bertz CT molecular complexity index is 386. The molecule has 1 aliphatic rings. The van der Waals surface area contributed by atoms with Gasteiger partial charge in [-0.05, 0) is 13.3 Å². The van der Waals surface area contributed by atoms with Crippen LogP contribution < -0.4 is 4.74 Å². The van der Waals surface area contributed by atoms with Crippen molar-refractivity contribution in [1.82, 2.24) is 9.78 Å². The van der Waals surface area contributed by atoms with E-state index in [4.69, 9.17) is 4.74 Å². The van der Waals surface area contributed by atoms with E-state index in [0.717, 1.165) is 12.2 Å². The first kappa shape index (κ1) is 10.2. The number of ketones is 1. The number of hydrogen-bond donors (Lipinski definition) is 0. The second-order valence-electron chi connectivity index (χ2n) is 4.35. The predicted molar refractivity (Wildman–Crippen MR) is 55.6 cm³/mol. The Morgan fingerprint density at radius 3 is 2.93 bits per heavy atom. The average Bonchev–Trinajstić information content (AvgIpc) is 2.62. The fraction of sp³-hybridized carbons (Fsp3) is 0.636. The molecule has 1 saturated carbocycles. The van der Waals surface area contributed by atoms with Crippen molar-refractivity contribution < 1.29 is 9.53 Å². The first-order valence-corrected chi connectivity index (χ1v) is 5.25. The molecule has 0 radical (unpaired) electrons. The molecule has 0 aliphatic heterocycles. The van der Waals surface area contributed by atoms with Gasteiger partial charge in [0.25, 0.3) is 0 Å². The monoisotopic (exact) mass is 208 g/mol. The van der Waals surface area contributed by atoms with Gasteiger partial charge in [-0.25, -0.2) is 0 Å². The summed E-state index contributed by atoms with van der Waals surface area (Å²) in [5.41, 5.74) is -0.296. The van der Waals surface area contributed by atoms with Gasteiger partial charge in [0.05, 0.1) is 17.8 Å². The fourth-order valence-electron chi connectivity index (χ4n) is 1.90. The quantitative estimate of drug-likeness (QED) is 0.757. The zero-order valence-electron chi connectivity index (χ0n) is 9.36. The number of nitrogens with zero attached hydrogens (tertiary/aromatic N) is 2. The molecule has 1 aliphatic carbocycles. The molecule has 0 N–H and O–H groups in total. The molecule has 1 fully saturated rings. The molecule has 2 rings (SSSR count). The van der Waals surface area contributed by atoms with Crippen LogP contribution in [0.15, 0.2) is 12.4 Å². The third kappa shape index (κ3) is 1.54. The van der Waals surface area contributed by atoms with Gasteiger partial charge in [-0.2, -0.15) is 5.10 Å². The lowest BCUT2D eigenvalue weighted by molar-refractivity contribution is -0.150. The van der Waals surface area contributed by atoms with Gasteiger partial charge in [0.2, 0.25) is 0 Å². The lowest BCUT2D eigenvalue weighted by Gasteiger charge is -2.43. The molecule has 1 heterocycles. The number of hydrogen-bond acceptors (Lipinski definition) is 3. The Morgan fingerprint density at radius 1 is 1.73 bits per heavy atom. The molecule has 0 bridgehead atoms. The zero-order valence-corrected chi connectivity index (χ0v) is 9.36. The SMILES string of the molecule is CCC1(C)C(=O)CC1Oc1cnn(C)c1. The number of carbonyl (C=O) groups is 1. The maximum absolute atomic E-state index is 11.5. The van der Waals surface area contributed by atoms with Gasteiger partial charge in [0.15, 0.2) is 5.75 Å². The molecule has 0 saturated heterocycles. The van der Waals surface area contributed by atoms with Crippen molar-refractivity contribution in [2.75, 3.05) is 0 Å². The number of ether oxygens (including phenoxy) is 1. The highest BCUT2D eigenvalue weighted by Gasteiger charge is 2.51. The standard InChI is InChI=1S/C11H16N2O2/c1-4-11(2)9(14)5-10(11)15-8-6-12-13(3)7-8/h6-7,10H,4-5H2,1-3H3. The molecule has 2 unspecified atom stereocenters. The normalized spacial score (nSPS) is 30.1. The van der Waals surface area contributed by atoms with E-state index in [-0.39, 0.29) is 11.5 Å². The van der Waals surface area contributed by atoms with Gasteiger partial charge in [0.1, 0.15) is 11.9 Å². The van der Waals surface area contributed by atoms with Crippen molar-refractivity contribution in [2.45, 2.75) is 32.8 Å². The molecule has 15 heavy (non-hydrogen) atoms. The highest BCUT2D eigenvalue weighted by Crippen LogP contribution is 2.42. The van der Waals surface area contributed by atoms with E-state index >= 15 is 0 Å². The smallest absolute Gasteiger partial charge is 0.157 e. The van der Waals surface area contributed by atoms with E-state index in [1.165, 1.54) is 0 Å². The minimum Gasteiger partial charge on any atom is -0.486 e. The topological polar surface area (TPSA) is 44.1 Å². The Labute approximate surface area is 89.2 Å². The van der Waals surface area contributed by atoms with Gasteiger partial charge in [-0.3, -0.25) is 9.48 Å². The summed E-state index contributed by atoms with van der Waals surface area (Å²) in [6, 6.07) is 0. The van der Waals surface area contributed by atoms with E-state index in [1.54, 1.807) is 10.9 Å². The van der Waals surface area contributed by atoms with Crippen molar-refractivity contribution in [1.29, 1.82) is 0 Å². The third-order valence-electron chi connectivity index (χ3n) is 3.41. The number of aryl methyl sites for hydroxylation is 1. The van der Waals surface area contributed by atoms with Gasteiger partial charge >= 0.3 is 0 Å². The molecule has 82 valence electrons. The van der Waals surface area contributed by atoms with Crippen molar-refractivity contribution in [2.24, 2.45) is 12.5 Å². The molecule has 2 atom stereocenters. The summed E-state index contributed by atoms with van der Waals surface area (Å²) >= 11 is 0. The molecule has 4 heteroatoms. The van der Waals surface area contributed by atoms with Crippen molar-refractivity contribution in [3.63, 3.8) is 0 Å². The van der Waals surface area contributed by atoms with Gasteiger partial charge in [0, 0.05) is 13.5 Å². The minimum absolute atomic E-state index is 0.0131. The summed E-state index contributed by atoms with van der Waals surface area (Å²) in [6.45, 7) is 4.00. The molecule has 1 aromatic heterocycles. The Balaban J connectivity index is 2.05. The van der Waals surface area contributed by atoms with E-state index in [9.17, 15) is 4.79 Å². The Hall–Kier alpha value is -1.32. The highest BCUT2D eigenvalue weighted by molar-refractivity contribution is 5.92. The van der Waals surface area contributed by atoms with Gasteiger partial charge in [-0.1, -0.05) is 6.92 Å². The van der Waals surface area contributed by atoms with Gasteiger partial charge < -0.3 is 4.74 Å². The molecule has 4 nitrogen and oxygen atoms in total. The van der Waals surface area contributed by atoms with Crippen LogP contribution >= 0.6 is 0 Å². The van der Waals surface area contributed by atoms with Crippen LogP contribution in [-0.4, -0.2) is 21.7 Å². The summed E-state index contributed by atoms with van der Waals surface area (Å²) in [6.07, 6.45) is 4.87. The van der Waals surface area contributed by atoms with Crippen LogP contribution in [-0.2, 0) is 11.8 Å². The zero-order chi connectivity index (χ0) is 11.1. The van der Waals surface area contributed by atoms with Crippen molar-refractivity contribution in [3.8, 4) is 5.75 Å².